The van der Waals surface area contributed by atoms with Crippen LogP contribution in [0.1, 0.15) is 0 Å². The Bertz CT molecular complexity index is 514. The minimum atomic E-state index is 0.363. The summed E-state index contributed by atoms with van der Waals surface area (Å²) < 4.78 is 12.1. The van der Waals surface area contributed by atoms with Crippen molar-refractivity contribution >= 4 is 5.95 Å². The Morgan fingerprint density at radius 2 is 1.65 bits per heavy atom. The van der Waals surface area contributed by atoms with Gasteiger partial charge in [0, 0.05) is 18.7 Å². The summed E-state index contributed by atoms with van der Waals surface area (Å²) >= 11 is 0. The number of nitrogens with two attached hydrogens (primary N) is 1. The summed E-state index contributed by atoms with van der Waals surface area (Å²) in [5.74, 6) is 2.42. The lowest BCUT2D eigenvalue weighted by atomic mass is 10.2. The Morgan fingerprint density at radius 1 is 1.06 bits per heavy atom. The second-order valence-electron chi connectivity index (χ2n) is 3.54. The number of rotatable bonds is 3. The summed E-state index contributed by atoms with van der Waals surface area (Å²) in [5, 5.41) is 7.83. The summed E-state index contributed by atoms with van der Waals surface area (Å²) in [6, 6.07) is 5.50. The molecule has 1 heterocycles. The molecule has 0 aliphatic carbocycles. The van der Waals surface area contributed by atoms with E-state index < -0.39 is 0 Å². The van der Waals surface area contributed by atoms with Crippen LogP contribution in [0.4, 0.5) is 5.95 Å². The second-order valence-corrected chi connectivity index (χ2v) is 3.54. The van der Waals surface area contributed by atoms with E-state index in [2.05, 4.69) is 10.2 Å². The number of hydrogen-bond acceptors (Lipinski definition) is 5. The van der Waals surface area contributed by atoms with Crippen molar-refractivity contribution in [2.75, 3.05) is 20.0 Å². The van der Waals surface area contributed by atoms with E-state index in [1.807, 2.05) is 12.1 Å². The third-order valence-electron chi connectivity index (χ3n) is 2.52. The first-order chi connectivity index (χ1) is 8.15. The fraction of sp³-hybridized carbons (Fsp3) is 0.273. The Kier molecular flexibility index (Phi) is 2.86. The molecule has 1 aromatic carbocycles. The van der Waals surface area contributed by atoms with Crippen molar-refractivity contribution in [1.29, 1.82) is 0 Å². The minimum absolute atomic E-state index is 0.363. The Labute approximate surface area is 99.0 Å². The lowest BCUT2D eigenvalue weighted by Crippen LogP contribution is -1.99. The average molecular weight is 234 g/mol. The van der Waals surface area contributed by atoms with Gasteiger partial charge in [0.2, 0.25) is 5.95 Å². The van der Waals surface area contributed by atoms with Crippen LogP contribution >= 0.6 is 0 Å². The number of anilines is 1. The van der Waals surface area contributed by atoms with E-state index in [0.717, 1.165) is 5.56 Å². The Morgan fingerprint density at radius 3 is 2.06 bits per heavy atom. The summed E-state index contributed by atoms with van der Waals surface area (Å²) in [4.78, 5) is 0. The second kappa shape index (κ2) is 4.32. The van der Waals surface area contributed by atoms with Crippen molar-refractivity contribution in [2.45, 2.75) is 0 Å². The van der Waals surface area contributed by atoms with Crippen LogP contribution in [0.2, 0.25) is 0 Å². The molecule has 0 atom stereocenters. The molecule has 2 aromatic rings. The van der Waals surface area contributed by atoms with Crippen LogP contribution in [-0.4, -0.2) is 29.0 Å². The van der Waals surface area contributed by atoms with Crippen LogP contribution in [0.3, 0.4) is 0 Å². The molecule has 6 heteroatoms. The molecule has 0 saturated carbocycles. The van der Waals surface area contributed by atoms with Gasteiger partial charge in [-0.1, -0.05) is 0 Å². The predicted molar refractivity (Wildman–Crippen MR) is 64.0 cm³/mol. The van der Waals surface area contributed by atoms with Crippen LogP contribution in [-0.2, 0) is 7.05 Å². The van der Waals surface area contributed by atoms with E-state index in [0.29, 0.717) is 23.3 Å². The lowest BCUT2D eigenvalue weighted by molar-refractivity contribution is 0.394. The predicted octanol–water partition coefficient (Wildman–Crippen LogP) is 1.08. The van der Waals surface area contributed by atoms with Crippen LogP contribution < -0.4 is 15.2 Å². The van der Waals surface area contributed by atoms with Gasteiger partial charge in [0.1, 0.15) is 11.5 Å². The van der Waals surface area contributed by atoms with Crippen molar-refractivity contribution in [1.82, 2.24) is 14.8 Å². The maximum absolute atomic E-state index is 5.65. The summed E-state index contributed by atoms with van der Waals surface area (Å²) in [6.45, 7) is 0. The highest BCUT2D eigenvalue weighted by Gasteiger charge is 2.11. The van der Waals surface area contributed by atoms with Crippen molar-refractivity contribution < 1.29 is 9.47 Å². The summed E-state index contributed by atoms with van der Waals surface area (Å²) in [7, 11) is 5.00. The Hall–Kier alpha value is -2.24. The van der Waals surface area contributed by atoms with Gasteiger partial charge in [-0.05, 0) is 12.1 Å². The van der Waals surface area contributed by atoms with Gasteiger partial charge in [-0.3, -0.25) is 4.57 Å². The number of aromatic nitrogens is 3. The number of nitrogens with zero attached hydrogens (tertiary/aromatic N) is 3. The third kappa shape index (κ3) is 2.01. The highest BCUT2D eigenvalue weighted by atomic mass is 16.5. The van der Waals surface area contributed by atoms with Gasteiger partial charge in [0.15, 0.2) is 5.82 Å². The fourth-order valence-electron chi connectivity index (χ4n) is 1.53. The first-order valence-electron chi connectivity index (χ1n) is 5.04. The molecule has 0 amide bonds. The smallest absolute Gasteiger partial charge is 0.222 e. The highest BCUT2D eigenvalue weighted by molar-refractivity contribution is 5.62. The van der Waals surface area contributed by atoms with Gasteiger partial charge in [-0.15, -0.1) is 10.2 Å². The number of hydrogen-bond donors (Lipinski definition) is 1. The highest BCUT2D eigenvalue weighted by Crippen LogP contribution is 2.28. The number of ether oxygens (including phenoxy) is 2. The third-order valence-corrected chi connectivity index (χ3v) is 2.52. The molecule has 0 aliphatic rings. The van der Waals surface area contributed by atoms with E-state index in [-0.39, 0.29) is 0 Å². The maximum atomic E-state index is 5.65. The molecular weight excluding hydrogens is 220 g/mol. The minimum Gasteiger partial charge on any atom is -0.497 e. The SMILES string of the molecule is COc1cc(OC)cc(-c2nnc(N)n2C)c1. The first-order valence-corrected chi connectivity index (χ1v) is 5.04. The van der Waals surface area contributed by atoms with Gasteiger partial charge in [0.05, 0.1) is 14.2 Å². The normalized spacial score (nSPS) is 10.3. The average Bonchev–Trinajstić information content (AvgIpc) is 2.69. The van der Waals surface area contributed by atoms with Crippen LogP contribution in [0.5, 0.6) is 11.5 Å². The van der Waals surface area contributed by atoms with Crippen molar-refractivity contribution in [3.63, 3.8) is 0 Å². The molecule has 90 valence electrons. The van der Waals surface area contributed by atoms with Gasteiger partial charge >= 0.3 is 0 Å². The van der Waals surface area contributed by atoms with E-state index >= 15 is 0 Å². The van der Waals surface area contributed by atoms with E-state index in [1.165, 1.54) is 0 Å². The molecular formula is C11H14N4O2. The molecule has 2 N–H and O–H groups in total. The zero-order valence-electron chi connectivity index (χ0n) is 9.97. The van der Waals surface area contributed by atoms with Crippen LogP contribution in [0, 0.1) is 0 Å². The molecule has 0 aliphatic heterocycles. The standard InChI is InChI=1S/C11H14N4O2/c1-15-10(13-14-11(15)12)7-4-8(16-2)6-9(5-7)17-3/h4-6H,1-3H3,(H2,12,14). The molecule has 0 saturated heterocycles. The topological polar surface area (TPSA) is 75.2 Å². The monoisotopic (exact) mass is 234 g/mol. The lowest BCUT2D eigenvalue weighted by Gasteiger charge is -2.08. The zero-order chi connectivity index (χ0) is 12.4. The molecule has 0 unspecified atom stereocenters. The first kappa shape index (κ1) is 11.3. The van der Waals surface area contributed by atoms with Gasteiger partial charge in [-0.2, -0.15) is 0 Å². The number of methoxy groups -OCH3 is 2. The summed E-state index contributed by atoms with van der Waals surface area (Å²) in [6.07, 6.45) is 0. The zero-order valence-corrected chi connectivity index (χ0v) is 9.97. The quantitative estimate of drug-likeness (QED) is 0.860. The molecule has 0 bridgehead atoms. The van der Waals surface area contributed by atoms with Crippen LogP contribution in [0.25, 0.3) is 11.4 Å². The molecule has 0 radical (unpaired) electrons. The molecule has 1 aromatic heterocycles. The van der Waals surface area contributed by atoms with Gasteiger partial charge in [-0.25, -0.2) is 0 Å². The largest absolute Gasteiger partial charge is 0.497 e. The Balaban J connectivity index is 2.54. The van der Waals surface area contributed by atoms with Gasteiger partial charge in [0.25, 0.3) is 0 Å². The fourth-order valence-corrected chi connectivity index (χ4v) is 1.53. The number of benzene rings is 1. The van der Waals surface area contributed by atoms with Crippen molar-refractivity contribution in [2.24, 2.45) is 7.05 Å². The van der Waals surface area contributed by atoms with E-state index in [1.54, 1.807) is 31.9 Å². The molecule has 6 nitrogen and oxygen atoms in total. The molecule has 2 rings (SSSR count). The van der Waals surface area contributed by atoms with Gasteiger partial charge < -0.3 is 15.2 Å². The maximum Gasteiger partial charge on any atom is 0.222 e. The number of nitrogen functional groups attached to an aromatic ring is 1. The van der Waals surface area contributed by atoms with Crippen molar-refractivity contribution in [3.05, 3.63) is 18.2 Å². The molecule has 17 heavy (non-hydrogen) atoms. The molecule has 0 fully saturated rings. The van der Waals surface area contributed by atoms with Crippen molar-refractivity contribution in [3.8, 4) is 22.9 Å². The summed E-state index contributed by atoms with van der Waals surface area (Å²) in [5.41, 5.74) is 6.49. The van der Waals surface area contributed by atoms with Crippen LogP contribution in [0.15, 0.2) is 18.2 Å². The van der Waals surface area contributed by atoms with E-state index in [9.17, 15) is 0 Å². The van der Waals surface area contributed by atoms with E-state index in [4.69, 9.17) is 15.2 Å². The molecule has 0 spiro atoms.